The topological polar surface area (TPSA) is 107 Å². The van der Waals surface area contributed by atoms with Crippen LogP contribution in [-0.2, 0) is 32.4 Å². The molecule has 166 valence electrons. The van der Waals surface area contributed by atoms with E-state index in [0.717, 1.165) is 50.1 Å². The van der Waals surface area contributed by atoms with Crippen molar-refractivity contribution < 1.29 is 24.3 Å². The maximum Gasteiger partial charge on any atom is 0.323 e. The predicted octanol–water partition coefficient (Wildman–Crippen LogP) is 2.33. The number of aryl methyl sites for hydroxylation is 3. The Morgan fingerprint density at radius 3 is 2.68 bits per heavy atom. The lowest BCUT2D eigenvalue weighted by Gasteiger charge is -2.22. The van der Waals surface area contributed by atoms with Crippen LogP contribution >= 0.6 is 0 Å². The Balaban J connectivity index is 1.95. The number of methoxy groups -OCH3 is 1. The van der Waals surface area contributed by atoms with Gasteiger partial charge in [-0.2, -0.15) is 4.31 Å². The van der Waals surface area contributed by atoms with E-state index in [1.807, 2.05) is 13.8 Å². The van der Waals surface area contributed by atoms with Gasteiger partial charge in [0, 0.05) is 31.0 Å². The summed E-state index contributed by atoms with van der Waals surface area (Å²) in [6.07, 6.45) is 1.35. The van der Waals surface area contributed by atoms with Gasteiger partial charge in [-0.25, -0.2) is 13.4 Å². The Kier molecular flexibility index (Phi) is 6.06. The largest absolute Gasteiger partial charge is 0.468 e. The molecule has 0 aliphatic carbocycles. The Hall–Kier alpha value is -2.78. The first-order valence-electron chi connectivity index (χ1n) is 10.6. The molecule has 0 fully saturated rings. The molecule has 2 N–H and O–H groups in total. The molecule has 2 aromatic heterocycles. The molecule has 0 aliphatic heterocycles. The normalized spacial score (nSPS) is 13.5. The van der Waals surface area contributed by atoms with Crippen molar-refractivity contribution in [2.75, 3.05) is 14.2 Å². The number of sulfonamides is 1. The van der Waals surface area contributed by atoms with Gasteiger partial charge in [-0.3, -0.25) is 9.78 Å². The van der Waals surface area contributed by atoms with E-state index in [1.165, 1.54) is 27.1 Å². The van der Waals surface area contributed by atoms with Gasteiger partial charge in [-0.15, -0.1) is 4.98 Å². The molecule has 0 aliphatic rings. The molecule has 9 heteroatoms. The van der Waals surface area contributed by atoms with E-state index in [1.54, 1.807) is 12.1 Å². The highest BCUT2D eigenvalue weighted by Crippen LogP contribution is 2.24. The van der Waals surface area contributed by atoms with Crippen LogP contribution in [0, 0.1) is 13.8 Å². The molecule has 0 bridgehead atoms. The van der Waals surface area contributed by atoms with Gasteiger partial charge in [-0.1, -0.05) is 19.1 Å². The number of fused-ring (bicyclic) bond motifs is 1. The average molecular weight is 447 g/mol. The Bertz CT molecular complexity index is 1290. The van der Waals surface area contributed by atoms with Crippen molar-refractivity contribution in [3.8, 4) is 0 Å². The molecular weight excluding hydrogens is 416 g/mol. The van der Waals surface area contributed by atoms with Gasteiger partial charge in [0.2, 0.25) is 10.0 Å². The summed E-state index contributed by atoms with van der Waals surface area (Å²) >= 11 is 0. The van der Waals surface area contributed by atoms with Gasteiger partial charge in [0.25, 0.3) is 5.65 Å². The lowest BCUT2D eigenvalue weighted by Crippen LogP contribution is -2.40. The summed E-state index contributed by atoms with van der Waals surface area (Å²) in [5, 5.41) is 0. The molecule has 31 heavy (non-hydrogen) atoms. The second-order valence-corrected chi connectivity index (χ2v) is 9.53. The quantitative estimate of drug-likeness (QED) is 0.561. The summed E-state index contributed by atoms with van der Waals surface area (Å²) in [7, 11) is -1.53. The maximum absolute atomic E-state index is 13.0. The number of ether oxygens (including phenoxy) is 1. The molecular formula is C22H29N4O4S+. The SMILES string of the molecule is [2H]c1cc(Cc2c(C)nc3[nH+]c(CC)[nH]c3c2C)ccc1S(=O)(=O)N(C)[C@@H](C)C(=O)OC. The summed E-state index contributed by atoms with van der Waals surface area (Å²) < 4.78 is 39.8. The highest BCUT2D eigenvalue weighted by molar-refractivity contribution is 7.89. The Morgan fingerprint density at radius 1 is 1.35 bits per heavy atom. The fraction of sp³-hybridized carbons (Fsp3) is 0.409. The van der Waals surface area contributed by atoms with E-state index >= 15 is 0 Å². The van der Waals surface area contributed by atoms with E-state index < -0.39 is 22.0 Å². The van der Waals surface area contributed by atoms with E-state index in [0.29, 0.717) is 6.42 Å². The van der Waals surface area contributed by atoms with Crippen molar-refractivity contribution in [2.24, 2.45) is 0 Å². The molecule has 0 saturated carbocycles. The van der Waals surface area contributed by atoms with Gasteiger partial charge in [0.1, 0.15) is 11.7 Å². The zero-order valence-corrected chi connectivity index (χ0v) is 19.5. The number of nitrogens with one attached hydrogen (secondary N) is 2. The minimum atomic E-state index is -4.04. The van der Waals surface area contributed by atoms with Crippen LogP contribution in [-0.4, -0.2) is 48.9 Å². The van der Waals surface area contributed by atoms with Gasteiger partial charge < -0.3 is 4.74 Å². The van der Waals surface area contributed by atoms with Gasteiger partial charge in [-0.05, 0) is 38.4 Å². The number of carbonyl (C=O) groups is 1. The van der Waals surface area contributed by atoms with Crippen LogP contribution in [0.5, 0.6) is 0 Å². The first-order valence-corrected chi connectivity index (χ1v) is 11.5. The van der Waals surface area contributed by atoms with E-state index in [9.17, 15) is 13.2 Å². The number of aromatic amines is 2. The van der Waals surface area contributed by atoms with Crippen molar-refractivity contribution in [1.82, 2.24) is 14.3 Å². The summed E-state index contributed by atoms with van der Waals surface area (Å²) in [5.74, 6) is 0.335. The van der Waals surface area contributed by atoms with Crippen LogP contribution in [0.1, 0.15) is 43.4 Å². The van der Waals surface area contributed by atoms with Gasteiger partial charge in [0.05, 0.1) is 13.4 Å². The van der Waals surface area contributed by atoms with Crippen LogP contribution in [0.25, 0.3) is 11.2 Å². The Labute approximate surface area is 184 Å². The number of carbonyl (C=O) groups excluding carboxylic acids is 1. The fourth-order valence-electron chi connectivity index (χ4n) is 3.50. The number of esters is 1. The van der Waals surface area contributed by atoms with E-state index in [4.69, 9.17) is 1.37 Å². The molecule has 0 amide bonds. The molecule has 1 aromatic carbocycles. The first kappa shape index (κ1) is 21.5. The molecule has 8 nitrogen and oxygen atoms in total. The molecule has 2 heterocycles. The smallest absolute Gasteiger partial charge is 0.323 e. The predicted molar refractivity (Wildman–Crippen MR) is 117 cm³/mol. The number of likely N-dealkylation sites (N-methyl/N-ethyl adjacent to an activating group) is 1. The van der Waals surface area contributed by atoms with Crippen molar-refractivity contribution in [1.29, 1.82) is 0 Å². The second-order valence-electron chi connectivity index (χ2n) is 7.56. The minimum absolute atomic E-state index is 0.128. The standard InChI is InChI=1S/C22H28N4O4S/c1-7-19-24-20-13(2)18(14(3)23-21(20)25-19)12-16-8-10-17(11-9-16)31(28,29)26(5)15(4)22(27)30-6/h8-11,15H,7,12H2,1-6H3,(H,23,24,25)/p+1/t15-/m0/s1/i10D. The third-order valence-corrected chi connectivity index (χ3v) is 7.54. The number of rotatable bonds is 7. The summed E-state index contributed by atoms with van der Waals surface area (Å²) in [4.78, 5) is 22.9. The van der Waals surface area contributed by atoms with Gasteiger partial charge >= 0.3 is 5.97 Å². The summed E-state index contributed by atoms with van der Waals surface area (Å²) in [6, 6.07) is 3.53. The van der Waals surface area contributed by atoms with Crippen LogP contribution in [0.2, 0.25) is 0 Å². The first-order chi connectivity index (χ1) is 15.0. The molecule has 0 spiro atoms. The van der Waals surface area contributed by atoms with Crippen molar-refractivity contribution in [2.45, 2.75) is 51.5 Å². The van der Waals surface area contributed by atoms with E-state index in [2.05, 4.69) is 26.6 Å². The fourth-order valence-corrected chi connectivity index (χ4v) is 4.76. The molecule has 0 saturated heterocycles. The van der Waals surface area contributed by atoms with E-state index in [-0.39, 0.29) is 10.9 Å². The molecule has 0 radical (unpaired) electrons. The zero-order chi connectivity index (χ0) is 23.8. The monoisotopic (exact) mass is 446 g/mol. The highest BCUT2D eigenvalue weighted by Gasteiger charge is 2.30. The number of nitrogens with zero attached hydrogens (tertiary/aromatic N) is 2. The zero-order valence-electron chi connectivity index (χ0n) is 19.7. The third kappa shape index (κ3) is 4.33. The van der Waals surface area contributed by atoms with Crippen LogP contribution in [0.3, 0.4) is 0 Å². The highest BCUT2D eigenvalue weighted by atomic mass is 32.2. The minimum Gasteiger partial charge on any atom is -0.468 e. The average Bonchev–Trinajstić information content (AvgIpc) is 3.18. The summed E-state index contributed by atoms with van der Waals surface area (Å²) in [6.45, 7) is 7.47. The molecule has 0 unspecified atom stereocenters. The van der Waals surface area contributed by atoms with Crippen LogP contribution in [0.4, 0.5) is 0 Å². The lowest BCUT2D eigenvalue weighted by atomic mass is 9.99. The lowest BCUT2D eigenvalue weighted by molar-refractivity contribution is -0.360. The summed E-state index contributed by atoms with van der Waals surface area (Å²) in [5.41, 5.74) is 5.54. The number of imidazole rings is 1. The third-order valence-electron chi connectivity index (χ3n) is 5.65. The van der Waals surface area contributed by atoms with Crippen LogP contribution < -0.4 is 4.98 Å². The van der Waals surface area contributed by atoms with Gasteiger partial charge in [0.15, 0.2) is 11.3 Å². The number of hydrogen-bond acceptors (Lipinski definition) is 5. The number of H-pyrrole nitrogens is 2. The number of pyridine rings is 1. The molecule has 1 atom stereocenters. The van der Waals surface area contributed by atoms with Crippen molar-refractivity contribution >= 4 is 27.2 Å². The number of aromatic nitrogens is 3. The number of hydrogen-bond donors (Lipinski definition) is 1. The van der Waals surface area contributed by atoms with Crippen molar-refractivity contribution in [3.63, 3.8) is 0 Å². The number of benzene rings is 1. The molecule has 3 aromatic rings. The van der Waals surface area contributed by atoms with Crippen molar-refractivity contribution in [3.05, 3.63) is 52.5 Å². The Morgan fingerprint density at radius 2 is 2.06 bits per heavy atom. The maximum atomic E-state index is 13.0. The second kappa shape index (κ2) is 8.76. The van der Waals surface area contributed by atoms with Crippen LogP contribution in [0.15, 0.2) is 29.1 Å². The molecule has 3 rings (SSSR count).